The van der Waals surface area contributed by atoms with E-state index in [2.05, 4.69) is 36.5 Å². The molecule has 3 N–H and O–H groups in total. The van der Waals surface area contributed by atoms with Gasteiger partial charge in [-0.05, 0) is 88.8 Å². The summed E-state index contributed by atoms with van der Waals surface area (Å²) in [6.07, 6.45) is -1.49. The van der Waals surface area contributed by atoms with Crippen LogP contribution < -0.4 is 10.6 Å². The first kappa shape index (κ1) is 42.4. The van der Waals surface area contributed by atoms with Crippen molar-refractivity contribution in [3.8, 4) is 0 Å². The van der Waals surface area contributed by atoms with Crippen LogP contribution in [0.1, 0.15) is 65.1 Å². The van der Waals surface area contributed by atoms with E-state index >= 15 is 0 Å². The van der Waals surface area contributed by atoms with Crippen LogP contribution in [0.2, 0.25) is 0 Å². The van der Waals surface area contributed by atoms with Gasteiger partial charge in [0.25, 0.3) is 0 Å². The number of ether oxygens (including phenoxy) is 2. The molecule has 2 amide bonds. The molecule has 2 atom stereocenters. The zero-order chi connectivity index (χ0) is 37.8. The highest BCUT2D eigenvalue weighted by Gasteiger charge is 2.43. The van der Waals surface area contributed by atoms with Gasteiger partial charge in [0, 0.05) is 40.8 Å². The van der Waals surface area contributed by atoms with Crippen LogP contribution in [0.3, 0.4) is 0 Å². The lowest BCUT2D eigenvalue weighted by Gasteiger charge is -2.35. The van der Waals surface area contributed by atoms with Crippen molar-refractivity contribution in [1.29, 1.82) is 0 Å². The summed E-state index contributed by atoms with van der Waals surface area (Å²) in [6, 6.07) is 5.51. The van der Waals surface area contributed by atoms with Crippen LogP contribution in [0.4, 0.5) is 9.59 Å². The summed E-state index contributed by atoms with van der Waals surface area (Å²) in [7, 11) is -3.50. The third kappa shape index (κ3) is 11.6. The number of aliphatic imine (C=N–C) groups is 2. The Bertz CT molecular complexity index is 1760. The Hall–Kier alpha value is -2.78. The lowest BCUT2D eigenvalue weighted by molar-refractivity contribution is 0.0546. The van der Waals surface area contributed by atoms with Gasteiger partial charge < -0.3 is 14.6 Å². The van der Waals surface area contributed by atoms with Gasteiger partial charge in [-0.25, -0.2) is 45.0 Å². The Morgan fingerprint density at radius 3 is 1.57 bits per heavy atom. The number of hydrogen-bond acceptors (Lipinski definition) is 13. The third-order valence-electron chi connectivity index (χ3n) is 6.44. The van der Waals surface area contributed by atoms with E-state index in [0.717, 1.165) is 29.9 Å². The second-order valence-corrected chi connectivity index (χ2v) is 20.0. The van der Waals surface area contributed by atoms with Gasteiger partial charge in [-0.1, -0.05) is 6.07 Å². The maximum absolute atomic E-state index is 12.5. The van der Waals surface area contributed by atoms with E-state index in [-0.39, 0.29) is 23.4 Å². The van der Waals surface area contributed by atoms with Crippen molar-refractivity contribution in [2.24, 2.45) is 9.98 Å². The molecule has 4 heterocycles. The van der Waals surface area contributed by atoms with Gasteiger partial charge in [-0.15, -0.1) is 22.7 Å². The number of nitrogens with zero attached hydrogens (tertiary/aromatic N) is 4. The lowest BCUT2D eigenvalue weighted by atomic mass is 10.0. The zero-order valence-corrected chi connectivity index (χ0v) is 34.2. The number of carbonyl (C=O) groups is 2. The molecule has 0 aromatic carbocycles. The summed E-state index contributed by atoms with van der Waals surface area (Å²) < 4.78 is 63.0. The Balaban J connectivity index is 0.000000324. The minimum absolute atomic E-state index is 0.0404. The number of alkyl carbamates (subject to hydrolysis) is 2. The average Bonchev–Trinajstić information content (AvgIpc) is 3.62. The van der Waals surface area contributed by atoms with E-state index in [1.807, 2.05) is 29.0 Å². The summed E-state index contributed by atoms with van der Waals surface area (Å²) >= 11 is 6.20. The zero-order valence-electron chi connectivity index (χ0n) is 29.3. The van der Waals surface area contributed by atoms with Gasteiger partial charge in [0.2, 0.25) is 32.0 Å². The number of nitrogens with one attached hydrogen (secondary N) is 2. The number of sulfonamides is 2. The first-order valence-electron chi connectivity index (χ1n) is 14.6. The molecule has 4 rings (SSSR count). The lowest BCUT2D eigenvalue weighted by Crippen LogP contribution is -2.53. The molecule has 0 bridgehead atoms. The van der Waals surface area contributed by atoms with Gasteiger partial charge in [0.05, 0.1) is 11.5 Å². The summed E-state index contributed by atoms with van der Waals surface area (Å²) in [6.45, 7) is 13.8. The summed E-state index contributed by atoms with van der Waals surface area (Å²) in [4.78, 5) is 34.5. The molecule has 0 spiro atoms. The predicted molar refractivity (Wildman–Crippen MR) is 196 cm³/mol. The van der Waals surface area contributed by atoms with Gasteiger partial charge >= 0.3 is 12.2 Å². The number of hydrogen-bond donors (Lipinski definition) is 3. The molecule has 15 nitrogen and oxygen atoms in total. The molecule has 0 fully saturated rings. The molecule has 0 unspecified atom stereocenters. The molecule has 2 aliphatic heterocycles. The van der Waals surface area contributed by atoms with Crippen LogP contribution in [0.15, 0.2) is 43.4 Å². The van der Waals surface area contributed by atoms with Crippen molar-refractivity contribution >= 4 is 82.8 Å². The van der Waals surface area contributed by atoms with Gasteiger partial charge in [-0.2, -0.15) is 0 Å². The fourth-order valence-corrected chi connectivity index (χ4v) is 9.77. The maximum atomic E-state index is 12.5. The average molecular weight is 830 g/mol. The van der Waals surface area contributed by atoms with Gasteiger partial charge in [0.1, 0.15) is 22.3 Å². The highest BCUT2D eigenvalue weighted by molar-refractivity contribution is 9.10. The highest BCUT2D eigenvalue weighted by atomic mass is 79.9. The van der Waals surface area contributed by atoms with Crippen molar-refractivity contribution in [3.63, 3.8) is 0 Å². The number of aliphatic hydroxyl groups is 1. The minimum atomic E-state index is -3.62. The van der Waals surface area contributed by atoms with E-state index in [4.69, 9.17) is 14.6 Å². The third-order valence-corrected chi connectivity index (χ3v) is 13.4. The summed E-state index contributed by atoms with van der Waals surface area (Å²) in [5.74, 6) is -0.427. The maximum Gasteiger partial charge on any atom is 0.414 e. The number of thiophene rings is 2. The molecule has 20 heteroatoms. The molecule has 2 aromatic rings. The molecule has 0 saturated heterocycles. The predicted octanol–water partition coefficient (Wildman–Crippen LogP) is 4.61. The monoisotopic (exact) mass is 828 g/mol. The Labute approximate surface area is 305 Å². The molecule has 2 aliphatic rings. The van der Waals surface area contributed by atoms with E-state index in [1.165, 1.54) is 36.8 Å². The molecule has 0 aliphatic carbocycles. The molecular weight excluding hydrogens is 785 g/mol. The summed E-state index contributed by atoms with van der Waals surface area (Å²) in [5, 5.41) is 15.6. The minimum Gasteiger partial charge on any atom is -0.444 e. The summed E-state index contributed by atoms with van der Waals surface area (Å²) in [5.41, 5.74) is -3.30. The highest BCUT2D eigenvalue weighted by Crippen LogP contribution is 2.37. The Morgan fingerprint density at radius 2 is 1.24 bits per heavy atom. The topological polar surface area (TPSA) is 196 Å². The fraction of sp³-hybridized carbons (Fsp3) is 0.586. The van der Waals surface area contributed by atoms with Crippen LogP contribution in [-0.2, 0) is 40.6 Å². The number of guanidine groups is 2. The van der Waals surface area contributed by atoms with Crippen molar-refractivity contribution in [2.45, 2.75) is 77.7 Å². The normalized spacial score (nSPS) is 23.0. The quantitative estimate of drug-likeness (QED) is 0.387. The second kappa shape index (κ2) is 15.6. The van der Waals surface area contributed by atoms with E-state index in [1.54, 1.807) is 55.4 Å². The van der Waals surface area contributed by atoms with Gasteiger partial charge in [0.15, 0.2) is 0 Å². The molecule has 0 radical (unpaired) electrons. The van der Waals surface area contributed by atoms with Crippen molar-refractivity contribution in [1.82, 2.24) is 19.2 Å². The van der Waals surface area contributed by atoms with E-state index in [9.17, 15) is 26.4 Å². The van der Waals surface area contributed by atoms with Crippen LogP contribution in [0, 0.1) is 0 Å². The number of halogens is 1. The largest absolute Gasteiger partial charge is 0.444 e. The van der Waals surface area contributed by atoms with Crippen molar-refractivity contribution in [2.75, 3.05) is 32.7 Å². The first-order valence-corrected chi connectivity index (χ1v) is 20.4. The Kier molecular flexibility index (Phi) is 13.5. The van der Waals surface area contributed by atoms with Crippen molar-refractivity contribution in [3.05, 3.63) is 43.2 Å². The number of carbonyl (C=O) groups excluding carboxylic acids is 2. The van der Waals surface area contributed by atoms with Crippen LogP contribution in [0.5, 0.6) is 0 Å². The SMILES string of the molecule is CN1C(NC(=O)OC(C)(C)C)=N[C@](C)(c2cc(Br)cs2)CS1(=O)=O.CN1C(NC(=O)OC(C)(C)C)=N[C@](C)(c2cccs2)CS1(=O)=O.CO. The van der Waals surface area contributed by atoms with Crippen LogP contribution >= 0.6 is 38.6 Å². The fourth-order valence-electron chi connectivity index (χ4n) is 4.28. The standard InChI is InChI=1S/C14H20BrN3O4S2.C14H21N3O4S2.CH4O/c1-13(2,3)22-12(19)16-11-17-14(4,8-24(20,21)18(11)5)10-6-9(15)7-23-10;1-13(2,3)21-12(18)15-11-16-14(4,10-7-6-8-22-10)9-23(19,20)17(11)5;1-2/h6-7H,8H2,1-5H3,(H,16,17,19);6-8H,9H2,1-5H3,(H,15,16,18);2H,1H3/t2*14-;/m00./s1. The number of rotatable bonds is 2. The van der Waals surface area contributed by atoms with E-state index < -0.39 is 54.5 Å². The molecule has 276 valence electrons. The van der Waals surface area contributed by atoms with Crippen LogP contribution in [0.25, 0.3) is 0 Å². The van der Waals surface area contributed by atoms with Crippen molar-refractivity contribution < 1.29 is 41.0 Å². The molecular formula is C29H45BrN6O9S4. The Morgan fingerprint density at radius 1 is 0.837 bits per heavy atom. The molecule has 2 aromatic heterocycles. The molecule has 0 saturated carbocycles. The van der Waals surface area contributed by atoms with Gasteiger partial charge in [-0.3, -0.25) is 10.6 Å². The first-order chi connectivity index (χ1) is 22.3. The van der Waals surface area contributed by atoms with Crippen LogP contribution in [-0.4, -0.2) is 98.6 Å². The number of amides is 2. The number of aliphatic hydroxyl groups excluding tert-OH is 1. The second-order valence-electron chi connectivity index (χ2n) is 13.2. The smallest absolute Gasteiger partial charge is 0.414 e. The molecule has 49 heavy (non-hydrogen) atoms. The van der Waals surface area contributed by atoms with E-state index in [0.29, 0.717) is 0 Å².